The molecule has 0 bridgehead atoms. The number of carbonyl (C=O) groups is 1. The van der Waals surface area contributed by atoms with Crippen LogP contribution in [-0.4, -0.2) is 33.5 Å². The van der Waals surface area contributed by atoms with Gasteiger partial charge < -0.3 is 15.3 Å². The zero-order valence-electron chi connectivity index (χ0n) is 22.0. The monoisotopic (exact) mass is 423 g/mol. The molecule has 4 aliphatic carbocycles. The van der Waals surface area contributed by atoms with Gasteiger partial charge in [0.25, 0.3) is 0 Å². The van der Waals surface area contributed by atoms with E-state index in [9.17, 15) is 20.1 Å². The van der Waals surface area contributed by atoms with Crippen LogP contribution in [0, 0.1) is 52.3 Å². The largest absolute Gasteiger partial charge is 0.481 e. The summed E-state index contributed by atoms with van der Waals surface area (Å²) in [6.07, 6.45) is 6.41. The lowest BCUT2D eigenvalue weighted by molar-refractivity contribution is -0.203. The fraction of sp³-hybridized carbons (Fsp3) is 0.962. The third-order valence-electron chi connectivity index (χ3n) is 10.7. The second-order valence-corrected chi connectivity index (χ2v) is 11.8. The van der Waals surface area contributed by atoms with Crippen LogP contribution >= 0.6 is 0 Å². The van der Waals surface area contributed by atoms with Crippen LogP contribution in [0.1, 0.15) is 95.9 Å². The van der Waals surface area contributed by atoms with Crippen molar-refractivity contribution in [3.05, 3.63) is 0 Å². The third-order valence-corrected chi connectivity index (χ3v) is 10.7. The Kier molecular flexibility index (Phi) is 5.08. The van der Waals surface area contributed by atoms with Crippen LogP contribution in [0.2, 0.25) is 0 Å². The fourth-order valence-electron chi connectivity index (χ4n) is 9.22. The van der Waals surface area contributed by atoms with E-state index in [0.717, 1.165) is 38.5 Å². The number of rotatable bonds is 5. The van der Waals surface area contributed by atoms with Crippen LogP contribution in [0.3, 0.4) is 0 Å². The second-order valence-electron chi connectivity index (χ2n) is 11.8. The Hall–Kier alpha value is -0.610. The molecule has 4 heteroatoms. The van der Waals surface area contributed by atoms with Crippen molar-refractivity contribution < 1.29 is 24.2 Å². The van der Waals surface area contributed by atoms with Gasteiger partial charge in [-0.2, -0.15) is 0 Å². The molecule has 11 atom stereocenters. The zero-order valence-corrected chi connectivity index (χ0v) is 19.0. The van der Waals surface area contributed by atoms with Crippen molar-refractivity contribution >= 4 is 5.97 Å². The predicted molar refractivity (Wildman–Crippen MR) is 118 cm³/mol. The van der Waals surface area contributed by atoms with Crippen LogP contribution in [0.25, 0.3) is 0 Å². The van der Waals surface area contributed by atoms with Crippen molar-refractivity contribution in [3.63, 3.8) is 0 Å². The molecule has 0 spiro atoms. The molecule has 0 aromatic rings. The van der Waals surface area contributed by atoms with Crippen molar-refractivity contribution in [3.8, 4) is 0 Å². The van der Waals surface area contributed by atoms with Gasteiger partial charge in [0.1, 0.15) is 0 Å². The number of carboxylic acid groups (broad SMARTS) is 1. The van der Waals surface area contributed by atoms with Crippen molar-refractivity contribution in [1.82, 2.24) is 0 Å². The van der Waals surface area contributed by atoms with Crippen molar-refractivity contribution in [2.24, 2.45) is 52.3 Å². The highest BCUT2D eigenvalue weighted by molar-refractivity contribution is 5.66. The first-order chi connectivity index (χ1) is 15.3. The number of carboxylic acids is 1. The van der Waals surface area contributed by atoms with Gasteiger partial charge in [-0.25, -0.2) is 0 Å². The van der Waals surface area contributed by atoms with E-state index < -0.39 is 25.0 Å². The molecule has 0 aliphatic heterocycles. The molecular weight excluding hydrogens is 376 g/mol. The lowest BCUT2D eigenvalue weighted by Gasteiger charge is -2.64. The Morgan fingerprint density at radius 1 is 1.07 bits per heavy atom. The Bertz CT molecular complexity index is 742. The highest BCUT2D eigenvalue weighted by Gasteiger charge is 2.64. The molecule has 0 aromatic carbocycles. The maximum atomic E-state index is 11.8. The van der Waals surface area contributed by atoms with E-state index >= 15 is 0 Å². The molecule has 4 rings (SSSR count). The minimum absolute atomic E-state index is 0.0201. The fourth-order valence-corrected chi connectivity index (χ4v) is 9.22. The van der Waals surface area contributed by atoms with Gasteiger partial charge in [-0.15, -0.1) is 0 Å². The standard InChI is InChI=1S/C26H44O4/c1-5-17-21-14-16(27)10-12-26(21,4)20-11-13-25(3)18(15(2)6-9-22(28)29)7-8-19(25)23(20)24(17)30/h15-21,23-24,27,30H,5-14H2,1-4H3,(H,28,29)/t15?,16-,17-,18-,19+,20+,21+,23+,24-,25-,26-/m1/s1/i1D3. The molecule has 172 valence electrons. The number of hydrogen-bond acceptors (Lipinski definition) is 3. The number of aliphatic carboxylic acids is 1. The Labute approximate surface area is 187 Å². The van der Waals surface area contributed by atoms with Crippen molar-refractivity contribution in [2.75, 3.05) is 0 Å². The van der Waals surface area contributed by atoms with Gasteiger partial charge >= 0.3 is 5.97 Å². The van der Waals surface area contributed by atoms with Gasteiger partial charge in [0.2, 0.25) is 0 Å². The lowest BCUT2D eigenvalue weighted by Crippen LogP contribution is -2.62. The molecular formula is C26H44O4. The summed E-state index contributed by atoms with van der Waals surface area (Å²) in [5, 5.41) is 31.5. The van der Waals surface area contributed by atoms with Gasteiger partial charge in [0.05, 0.1) is 12.2 Å². The minimum atomic E-state index is -2.09. The van der Waals surface area contributed by atoms with Gasteiger partial charge in [-0.1, -0.05) is 34.0 Å². The average molecular weight is 424 g/mol. The molecule has 0 saturated heterocycles. The predicted octanol–water partition coefficient (Wildman–Crippen LogP) is 5.11. The quantitative estimate of drug-likeness (QED) is 0.574. The average Bonchev–Trinajstić information content (AvgIpc) is 3.06. The van der Waals surface area contributed by atoms with Crippen LogP contribution < -0.4 is 0 Å². The molecule has 4 nitrogen and oxygen atoms in total. The molecule has 4 aliphatic rings. The van der Waals surface area contributed by atoms with Crippen LogP contribution in [0.5, 0.6) is 0 Å². The first-order valence-electron chi connectivity index (χ1n) is 13.9. The second kappa shape index (κ2) is 8.06. The summed E-state index contributed by atoms with van der Waals surface area (Å²) >= 11 is 0. The van der Waals surface area contributed by atoms with Crippen molar-refractivity contribution in [2.45, 2.75) is 104 Å². The number of aliphatic hydroxyl groups is 2. The van der Waals surface area contributed by atoms with Crippen LogP contribution in [0.4, 0.5) is 0 Å². The molecule has 0 amide bonds. The summed E-state index contributed by atoms with van der Waals surface area (Å²) in [7, 11) is 0. The molecule has 1 unspecified atom stereocenters. The van der Waals surface area contributed by atoms with E-state index in [1.807, 2.05) is 0 Å². The highest BCUT2D eigenvalue weighted by atomic mass is 16.4. The summed E-state index contributed by atoms with van der Waals surface area (Å²) in [6.45, 7) is 4.79. The zero-order chi connectivity index (χ0) is 24.3. The Morgan fingerprint density at radius 3 is 2.47 bits per heavy atom. The maximum absolute atomic E-state index is 11.8. The molecule has 4 saturated carbocycles. The van der Waals surface area contributed by atoms with E-state index in [4.69, 9.17) is 4.11 Å². The Balaban J connectivity index is 1.65. The molecule has 0 radical (unpaired) electrons. The third kappa shape index (κ3) is 3.36. The summed E-state index contributed by atoms with van der Waals surface area (Å²) in [6, 6.07) is 0. The topological polar surface area (TPSA) is 77.8 Å². The maximum Gasteiger partial charge on any atom is 0.303 e. The molecule has 0 heterocycles. The summed E-state index contributed by atoms with van der Waals surface area (Å²) in [4.78, 5) is 11.2. The van der Waals surface area contributed by atoms with Gasteiger partial charge in [0.15, 0.2) is 0 Å². The lowest BCUT2D eigenvalue weighted by atomic mass is 9.41. The number of aliphatic hydroxyl groups excluding tert-OH is 2. The summed E-state index contributed by atoms with van der Waals surface area (Å²) in [5.74, 6) is 0.618. The highest BCUT2D eigenvalue weighted by Crippen LogP contribution is 2.69. The molecule has 3 N–H and O–H groups in total. The first-order valence-corrected chi connectivity index (χ1v) is 12.4. The van der Waals surface area contributed by atoms with Gasteiger partial charge in [0, 0.05) is 10.5 Å². The first kappa shape index (κ1) is 18.9. The van der Waals surface area contributed by atoms with Gasteiger partial charge in [-0.05, 0) is 104 Å². The van der Waals surface area contributed by atoms with E-state index in [2.05, 4.69) is 20.8 Å². The molecule has 4 fully saturated rings. The number of fused-ring (bicyclic) bond motifs is 5. The number of hydrogen-bond donors (Lipinski definition) is 3. The SMILES string of the molecule is [2H]C([2H])([2H])C[C@H]1[C@@H](O)[C@@H]2[C@H](CC[C@]3(C)[C@@H](C(C)CCC(=O)O)CC[C@@H]23)[C@@]2(C)CC[C@@H](O)C[C@@H]12. The Morgan fingerprint density at radius 2 is 1.77 bits per heavy atom. The summed E-state index contributed by atoms with van der Waals surface area (Å²) < 4.78 is 23.9. The van der Waals surface area contributed by atoms with Gasteiger partial charge in [-0.3, -0.25) is 4.79 Å². The van der Waals surface area contributed by atoms with Crippen LogP contribution in [-0.2, 0) is 4.79 Å². The van der Waals surface area contributed by atoms with Crippen LogP contribution in [0.15, 0.2) is 0 Å². The smallest absolute Gasteiger partial charge is 0.303 e. The molecule has 30 heavy (non-hydrogen) atoms. The van der Waals surface area contributed by atoms with E-state index in [0.29, 0.717) is 36.5 Å². The minimum Gasteiger partial charge on any atom is -0.481 e. The van der Waals surface area contributed by atoms with E-state index in [1.165, 1.54) is 0 Å². The van der Waals surface area contributed by atoms with E-state index in [-0.39, 0.29) is 41.4 Å². The molecule has 0 aromatic heterocycles. The van der Waals surface area contributed by atoms with E-state index in [1.54, 1.807) is 0 Å². The normalized spacial score (nSPS) is 53.4. The van der Waals surface area contributed by atoms with Crippen molar-refractivity contribution in [1.29, 1.82) is 0 Å². The summed E-state index contributed by atoms with van der Waals surface area (Å²) in [5.41, 5.74) is 0.0371.